The van der Waals surface area contributed by atoms with Crippen molar-refractivity contribution in [2.24, 2.45) is 0 Å². The van der Waals surface area contributed by atoms with Gasteiger partial charge in [0.05, 0.1) is 12.7 Å². The zero-order chi connectivity index (χ0) is 12.6. The van der Waals surface area contributed by atoms with Crippen LogP contribution in [0.3, 0.4) is 0 Å². The number of hydrogen-bond acceptors (Lipinski definition) is 6. The molecular formula is C10H15N3O4. The van der Waals surface area contributed by atoms with Crippen molar-refractivity contribution in [2.75, 3.05) is 12.3 Å². The first-order valence-electron chi connectivity index (χ1n) is 5.32. The van der Waals surface area contributed by atoms with Crippen LogP contribution in [-0.4, -0.2) is 38.6 Å². The number of hydrogen-bond donors (Lipinski definition) is 3. The number of aliphatic hydroxyl groups excluding tert-OH is 2. The highest BCUT2D eigenvalue weighted by Crippen LogP contribution is 2.27. The van der Waals surface area contributed by atoms with E-state index >= 15 is 0 Å². The summed E-state index contributed by atoms with van der Waals surface area (Å²) in [7, 11) is 0. The Kier molecular flexibility index (Phi) is 3.14. The van der Waals surface area contributed by atoms with E-state index in [1.165, 1.54) is 4.57 Å². The van der Waals surface area contributed by atoms with Gasteiger partial charge in [-0.2, -0.15) is 4.98 Å². The van der Waals surface area contributed by atoms with E-state index in [9.17, 15) is 9.90 Å². The predicted octanol–water partition coefficient (Wildman–Crippen LogP) is -1.23. The van der Waals surface area contributed by atoms with Crippen LogP contribution in [0, 0.1) is 6.92 Å². The maximum Gasteiger partial charge on any atom is 0.351 e. The second kappa shape index (κ2) is 4.44. The van der Waals surface area contributed by atoms with Crippen LogP contribution in [0.5, 0.6) is 0 Å². The van der Waals surface area contributed by atoms with Crippen LogP contribution in [0.4, 0.5) is 5.82 Å². The molecule has 94 valence electrons. The minimum Gasteiger partial charge on any atom is -0.394 e. The van der Waals surface area contributed by atoms with Crippen LogP contribution in [0.1, 0.15) is 18.2 Å². The highest BCUT2D eigenvalue weighted by atomic mass is 16.8. The summed E-state index contributed by atoms with van der Waals surface area (Å²) < 4.78 is 6.65. The number of aryl methyl sites for hydroxylation is 1. The second-order valence-electron chi connectivity index (χ2n) is 4.11. The molecule has 0 aromatic carbocycles. The van der Waals surface area contributed by atoms with Crippen LogP contribution in [-0.2, 0) is 4.74 Å². The lowest BCUT2D eigenvalue weighted by atomic mass is 10.4. The highest BCUT2D eigenvalue weighted by Gasteiger charge is 2.35. The van der Waals surface area contributed by atoms with Gasteiger partial charge in [0.2, 0.25) is 0 Å². The Morgan fingerprint density at radius 1 is 1.71 bits per heavy atom. The normalized spacial score (nSPS) is 28.5. The molecule has 1 fully saturated rings. The standard InChI is InChI=1S/C10H15N3O4/c1-5-3-13(10(16)12-9(5)11)8-2-6(15)7(4-14)17-8/h3,6-8,14-15H,2,4H2,1H3,(H2,11,12,16)/t6-,7+,8+/m0/s1/i2+1,4+1,6+1,7+1,8+1,12+1,13+1. The van der Waals surface area contributed by atoms with E-state index in [0.29, 0.717) is 5.56 Å². The molecule has 4 N–H and O–H groups in total. The molecule has 3 atom stereocenters. The highest BCUT2D eigenvalue weighted by molar-refractivity contribution is 5.35. The summed E-state index contributed by atoms with van der Waals surface area (Å²) in [5, 5.41) is 18.6. The summed E-state index contributed by atoms with van der Waals surface area (Å²) in [5.41, 5.74) is 5.65. The number of nitrogens with two attached hydrogens (primary N) is 1. The zero-order valence-electron chi connectivity index (χ0n) is 9.41. The van der Waals surface area contributed by atoms with Gasteiger partial charge in [0.25, 0.3) is 0 Å². The van der Waals surface area contributed by atoms with Gasteiger partial charge in [-0.25, -0.2) is 4.79 Å². The van der Waals surface area contributed by atoms with Gasteiger partial charge in [0.1, 0.15) is 18.1 Å². The molecule has 0 radical (unpaired) electrons. The van der Waals surface area contributed by atoms with Gasteiger partial charge in [-0.05, 0) is 6.92 Å². The Morgan fingerprint density at radius 3 is 3.00 bits per heavy atom. The molecule has 0 aliphatic carbocycles. The molecule has 0 saturated carbocycles. The molecular weight excluding hydrogens is 233 g/mol. The van der Waals surface area contributed by atoms with Gasteiger partial charge in [-0.3, -0.25) is 4.57 Å². The lowest BCUT2D eigenvalue weighted by molar-refractivity contribution is -0.0459. The minimum atomic E-state index is -0.783. The lowest BCUT2D eigenvalue weighted by Gasteiger charge is -2.15. The Hall–Kier alpha value is -1.44. The van der Waals surface area contributed by atoms with E-state index in [1.807, 2.05) is 0 Å². The first kappa shape index (κ1) is 12.0. The average Bonchev–Trinajstić information content (AvgIpc) is 2.65. The number of ether oxygens (including phenoxy) is 1. The van der Waals surface area contributed by atoms with Crippen molar-refractivity contribution in [2.45, 2.75) is 31.8 Å². The average molecular weight is 248 g/mol. The first-order valence-corrected chi connectivity index (χ1v) is 5.32. The summed E-state index contributed by atoms with van der Waals surface area (Å²) in [6.45, 7) is 1.45. The fourth-order valence-electron chi connectivity index (χ4n) is 1.84. The lowest BCUT2D eigenvalue weighted by Crippen LogP contribution is -2.28. The van der Waals surface area contributed by atoms with Crippen LogP contribution in [0.15, 0.2) is 11.0 Å². The fraction of sp³-hybridized carbons (Fsp3) is 0.600. The molecule has 0 bridgehead atoms. The second-order valence-corrected chi connectivity index (χ2v) is 4.11. The molecule has 17 heavy (non-hydrogen) atoms. The largest absolute Gasteiger partial charge is 0.394 e. The first-order chi connectivity index (χ1) is 8.02. The summed E-state index contributed by atoms with van der Waals surface area (Å²) >= 11 is 0. The number of anilines is 1. The number of aliphatic hydroxyl groups is 2. The van der Waals surface area contributed by atoms with Gasteiger partial charge in [-0.15, -0.1) is 0 Å². The maximum atomic E-state index is 11.6. The van der Waals surface area contributed by atoms with Crippen molar-refractivity contribution in [3.63, 3.8) is 0 Å². The predicted molar refractivity (Wildman–Crippen MR) is 59.3 cm³/mol. The van der Waals surface area contributed by atoms with Crippen molar-refractivity contribution >= 4 is 5.82 Å². The Balaban J connectivity index is 2.30. The molecule has 0 unspecified atom stereocenters. The van der Waals surface area contributed by atoms with E-state index in [4.69, 9.17) is 15.6 Å². The monoisotopic (exact) mass is 248 g/mol. The molecule has 1 aromatic heterocycles. The minimum absolute atomic E-state index is 0.184. The SMILES string of the molecule is Cc1c[15n]([13C@H]2[13CH2][13C@H](O)[13C@@H]([13CH2]O)O2)c(=O)[15n]c1N. The summed E-state index contributed by atoms with van der Waals surface area (Å²) in [5.74, 6) is 0.184. The number of nitrogen functional groups attached to an aromatic ring is 1. The molecule has 1 saturated heterocycles. The smallest absolute Gasteiger partial charge is 0.351 e. The zero-order valence-corrected chi connectivity index (χ0v) is 9.41. The Labute approximate surface area is 97.5 Å². The van der Waals surface area contributed by atoms with Gasteiger partial charge < -0.3 is 20.7 Å². The van der Waals surface area contributed by atoms with Crippen LogP contribution < -0.4 is 11.4 Å². The molecule has 0 amide bonds. The quantitative estimate of drug-likeness (QED) is 0.565. The number of rotatable bonds is 2. The van der Waals surface area contributed by atoms with E-state index in [2.05, 4.69) is 4.98 Å². The third-order valence-electron chi connectivity index (χ3n) is 2.87. The van der Waals surface area contributed by atoms with Crippen molar-refractivity contribution in [3.05, 3.63) is 22.2 Å². The van der Waals surface area contributed by atoms with Gasteiger partial charge >= 0.3 is 5.69 Å². The molecule has 1 aliphatic rings. The van der Waals surface area contributed by atoms with Gasteiger partial charge in [-0.1, -0.05) is 0 Å². The number of nitrogens with zero attached hydrogens (tertiary/aromatic N) is 2. The van der Waals surface area contributed by atoms with Gasteiger partial charge in [0, 0.05) is 18.2 Å². The van der Waals surface area contributed by atoms with E-state index in [0.717, 1.165) is 0 Å². The van der Waals surface area contributed by atoms with Crippen molar-refractivity contribution < 1.29 is 14.9 Å². The van der Waals surface area contributed by atoms with Gasteiger partial charge in [0.15, 0.2) is 0 Å². The fourth-order valence-corrected chi connectivity index (χ4v) is 1.84. The molecule has 1 aromatic rings. The maximum absolute atomic E-state index is 11.6. The third-order valence-corrected chi connectivity index (χ3v) is 2.87. The van der Waals surface area contributed by atoms with Crippen LogP contribution >= 0.6 is 0 Å². The van der Waals surface area contributed by atoms with E-state index in [-0.39, 0.29) is 18.8 Å². The molecule has 0 spiro atoms. The van der Waals surface area contributed by atoms with Crippen LogP contribution in [0.25, 0.3) is 0 Å². The number of aromatic nitrogens is 2. The van der Waals surface area contributed by atoms with Crippen molar-refractivity contribution in [1.82, 2.24) is 9.55 Å². The summed E-state index contributed by atoms with van der Waals surface area (Å²) in [4.78, 5) is 15.3. The van der Waals surface area contributed by atoms with Crippen molar-refractivity contribution in [1.29, 1.82) is 0 Å². The van der Waals surface area contributed by atoms with E-state index < -0.39 is 24.1 Å². The topological polar surface area (TPSA) is 111 Å². The van der Waals surface area contributed by atoms with Crippen LogP contribution in [0.2, 0.25) is 0 Å². The summed E-state index contributed by atoms with van der Waals surface area (Å²) in [6.07, 6.45) is -0.265. The molecule has 7 heteroatoms. The molecule has 7 nitrogen and oxygen atoms in total. The molecule has 2 rings (SSSR count). The Morgan fingerprint density at radius 2 is 2.41 bits per heavy atom. The third kappa shape index (κ3) is 2.17. The van der Waals surface area contributed by atoms with E-state index in [1.54, 1.807) is 13.1 Å². The Bertz CT molecular complexity index is 473. The summed E-state index contributed by atoms with van der Waals surface area (Å²) in [6, 6.07) is 0. The van der Waals surface area contributed by atoms with Crippen molar-refractivity contribution in [3.8, 4) is 0 Å². The molecule has 2 heterocycles. The molecule has 1 aliphatic heterocycles.